The molecule has 0 aliphatic rings. The Bertz CT molecular complexity index is 450. The topological polar surface area (TPSA) is 58.4 Å². The highest BCUT2D eigenvalue weighted by Gasteiger charge is 2.16. The molecule has 0 heterocycles. The summed E-state index contributed by atoms with van der Waals surface area (Å²) >= 11 is 10.7. The average molecular weight is 300 g/mol. The maximum atomic E-state index is 12.1. The molecule has 19 heavy (non-hydrogen) atoms. The fraction of sp³-hybridized carbons (Fsp3) is 0.385. The minimum atomic E-state index is -0.173. The first-order valence-corrected chi connectivity index (χ1v) is 6.83. The number of nitrogens with two attached hydrogens (primary N) is 1. The van der Waals surface area contributed by atoms with Crippen LogP contribution in [0.3, 0.4) is 0 Å². The molecule has 0 aliphatic heterocycles. The first-order valence-electron chi connectivity index (χ1n) is 6.04. The third-order valence-corrected chi connectivity index (χ3v) is 3.40. The van der Waals surface area contributed by atoms with Crippen molar-refractivity contribution in [3.8, 4) is 0 Å². The zero-order valence-electron chi connectivity index (χ0n) is 11.0. The van der Waals surface area contributed by atoms with Crippen molar-refractivity contribution in [3.05, 3.63) is 29.3 Å². The summed E-state index contributed by atoms with van der Waals surface area (Å²) in [6.07, 6.45) is 0. The maximum absolute atomic E-state index is 12.1. The molecule has 6 heteroatoms. The predicted octanol–water partition coefficient (Wildman–Crippen LogP) is 3.12. The molecule has 1 rings (SSSR count). The number of amides is 2. The molecule has 0 spiro atoms. The van der Waals surface area contributed by atoms with E-state index in [1.165, 1.54) is 0 Å². The summed E-state index contributed by atoms with van der Waals surface area (Å²) in [5.41, 5.74) is 6.27. The molecule has 0 radical (unpaired) electrons. The molecule has 104 valence electrons. The van der Waals surface area contributed by atoms with Gasteiger partial charge >= 0.3 is 6.03 Å². The second-order valence-electron chi connectivity index (χ2n) is 4.28. The molecule has 4 nitrogen and oxygen atoms in total. The summed E-state index contributed by atoms with van der Waals surface area (Å²) in [7, 11) is 0. The summed E-state index contributed by atoms with van der Waals surface area (Å²) in [6, 6.07) is 6.79. The largest absolute Gasteiger partial charge is 0.393 e. The lowest BCUT2D eigenvalue weighted by molar-refractivity contribution is 0.211. The molecule has 1 unspecified atom stereocenters. The molecule has 2 amide bonds. The van der Waals surface area contributed by atoms with Gasteiger partial charge < -0.3 is 16.0 Å². The Hall–Kier alpha value is -1.33. The third kappa shape index (κ3) is 5.04. The number of thiocarbonyl (C=S) groups is 1. The number of benzene rings is 1. The molecule has 1 atom stereocenters. The van der Waals surface area contributed by atoms with Gasteiger partial charge in [-0.3, -0.25) is 0 Å². The molecule has 0 fully saturated rings. The van der Waals surface area contributed by atoms with Crippen molar-refractivity contribution in [2.75, 3.05) is 18.4 Å². The van der Waals surface area contributed by atoms with E-state index in [1.807, 2.05) is 13.8 Å². The zero-order chi connectivity index (χ0) is 14.4. The molecule has 0 saturated heterocycles. The number of nitrogens with one attached hydrogen (secondary N) is 1. The van der Waals surface area contributed by atoms with E-state index < -0.39 is 0 Å². The first-order chi connectivity index (χ1) is 8.93. The van der Waals surface area contributed by atoms with Gasteiger partial charge in [-0.1, -0.05) is 30.7 Å². The first kappa shape index (κ1) is 15.7. The molecule has 3 N–H and O–H groups in total. The molecule has 0 saturated carbocycles. The van der Waals surface area contributed by atoms with Crippen molar-refractivity contribution >= 4 is 40.5 Å². The Morgan fingerprint density at radius 2 is 2.05 bits per heavy atom. The second kappa shape index (κ2) is 7.31. The molecular formula is C13H18ClN3OS. The van der Waals surface area contributed by atoms with Gasteiger partial charge in [0.25, 0.3) is 0 Å². The van der Waals surface area contributed by atoms with Crippen molar-refractivity contribution in [2.24, 2.45) is 11.7 Å². The zero-order valence-corrected chi connectivity index (χ0v) is 12.6. The minimum absolute atomic E-state index is 0.00841. The van der Waals surface area contributed by atoms with Crippen LogP contribution in [0.5, 0.6) is 0 Å². The van der Waals surface area contributed by atoms with Gasteiger partial charge in [0.05, 0.1) is 4.99 Å². The van der Waals surface area contributed by atoms with Crippen LogP contribution in [0.4, 0.5) is 10.5 Å². The molecule has 0 bridgehead atoms. The van der Waals surface area contributed by atoms with E-state index in [0.717, 1.165) is 0 Å². The summed E-state index contributed by atoms with van der Waals surface area (Å²) in [6.45, 7) is 4.91. The Balaban J connectivity index is 2.63. The van der Waals surface area contributed by atoms with E-state index in [-0.39, 0.29) is 11.9 Å². The van der Waals surface area contributed by atoms with Gasteiger partial charge in [-0.2, -0.15) is 0 Å². The SMILES string of the molecule is CCN(CC(C)C(N)=S)C(=O)Nc1ccc(Cl)cc1. The highest BCUT2D eigenvalue weighted by molar-refractivity contribution is 7.80. The summed E-state index contributed by atoms with van der Waals surface area (Å²) < 4.78 is 0. The van der Waals surface area contributed by atoms with Crippen LogP contribution in [-0.4, -0.2) is 29.0 Å². The smallest absolute Gasteiger partial charge is 0.321 e. The van der Waals surface area contributed by atoms with Crippen molar-refractivity contribution < 1.29 is 4.79 Å². The fourth-order valence-corrected chi connectivity index (χ4v) is 1.71. The minimum Gasteiger partial charge on any atom is -0.393 e. The van der Waals surface area contributed by atoms with Crippen LogP contribution in [0.15, 0.2) is 24.3 Å². The number of hydrogen-bond donors (Lipinski definition) is 2. The predicted molar refractivity (Wildman–Crippen MR) is 83.7 cm³/mol. The number of halogens is 1. The quantitative estimate of drug-likeness (QED) is 0.821. The van der Waals surface area contributed by atoms with Crippen molar-refractivity contribution in [1.82, 2.24) is 4.90 Å². The number of carbonyl (C=O) groups is 1. The highest BCUT2D eigenvalue weighted by atomic mass is 35.5. The molecular weight excluding hydrogens is 282 g/mol. The summed E-state index contributed by atoms with van der Waals surface area (Å²) in [5.74, 6) is -0.00841. The van der Waals surface area contributed by atoms with Gasteiger partial charge in [-0.15, -0.1) is 0 Å². The number of nitrogens with zero attached hydrogens (tertiary/aromatic N) is 1. The molecule has 0 aliphatic carbocycles. The van der Waals surface area contributed by atoms with Crippen LogP contribution in [-0.2, 0) is 0 Å². The lowest BCUT2D eigenvalue weighted by atomic mass is 10.1. The number of rotatable bonds is 5. The van der Waals surface area contributed by atoms with Gasteiger partial charge in [-0.25, -0.2) is 4.79 Å². The van der Waals surface area contributed by atoms with Crippen LogP contribution in [0.1, 0.15) is 13.8 Å². The van der Waals surface area contributed by atoms with Gasteiger partial charge in [0.1, 0.15) is 0 Å². The normalized spacial score (nSPS) is 11.7. The van der Waals surface area contributed by atoms with E-state index in [9.17, 15) is 4.79 Å². The van der Waals surface area contributed by atoms with Crippen molar-refractivity contribution in [2.45, 2.75) is 13.8 Å². The standard InChI is InChI=1S/C13H18ClN3OS/c1-3-17(8-9(2)12(15)19)13(18)16-11-6-4-10(14)5-7-11/h4-7,9H,3,8H2,1-2H3,(H2,15,19)(H,16,18). The lowest BCUT2D eigenvalue weighted by Gasteiger charge is -2.24. The Morgan fingerprint density at radius 1 is 1.47 bits per heavy atom. The van der Waals surface area contributed by atoms with E-state index in [0.29, 0.717) is 28.8 Å². The molecule has 1 aromatic rings. The van der Waals surface area contributed by atoms with Crippen LogP contribution in [0, 0.1) is 5.92 Å². The summed E-state index contributed by atoms with van der Waals surface area (Å²) in [4.78, 5) is 14.2. The fourth-order valence-electron chi connectivity index (χ4n) is 1.51. The summed E-state index contributed by atoms with van der Waals surface area (Å²) in [5, 5.41) is 3.44. The van der Waals surface area contributed by atoms with Crippen molar-refractivity contribution in [3.63, 3.8) is 0 Å². The Labute approximate surface area is 123 Å². The molecule has 1 aromatic carbocycles. The van der Waals surface area contributed by atoms with Crippen LogP contribution < -0.4 is 11.1 Å². The molecule has 0 aromatic heterocycles. The van der Waals surface area contributed by atoms with Crippen LogP contribution in [0.2, 0.25) is 5.02 Å². The number of carbonyl (C=O) groups excluding carboxylic acids is 1. The van der Waals surface area contributed by atoms with Gasteiger partial charge in [-0.05, 0) is 31.2 Å². The van der Waals surface area contributed by atoms with Gasteiger partial charge in [0, 0.05) is 29.7 Å². The van der Waals surface area contributed by atoms with E-state index in [1.54, 1.807) is 29.2 Å². The Kier molecular flexibility index (Phi) is 6.05. The van der Waals surface area contributed by atoms with Gasteiger partial charge in [0.2, 0.25) is 0 Å². The highest BCUT2D eigenvalue weighted by Crippen LogP contribution is 2.14. The maximum Gasteiger partial charge on any atom is 0.321 e. The van der Waals surface area contributed by atoms with Crippen LogP contribution in [0.25, 0.3) is 0 Å². The van der Waals surface area contributed by atoms with E-state index >= 15 is 0 Å². The van der Waals surface area contributed by atoms with Crippen molar-refractivity contribution in [1.29, 1.82) is 0 Å². The average Bonchev–Trinajstić information content (AvgIpc) is 2.38. The van der Waals surface area contributed by atoms with Gasteiger partial charge in [0.15, 0.2) is 0 Å². The second-order valence-corrected chi connectivity index (χ2v) is 5.19. The monoisotopic (exact) mass is 299 g/mol. The van der Waals surface area contributed by atoms with Crippen LogP contribution >= 0.6 is 23.8 Å². The Morgan fingerprint density at radius 3 is 2.53 bits per heavy atom. The number of urea groups is 1. The lowest BCUT2D eigenvalue weighted by Crippen LogP contribution is -2.40. The number of hydrogen-bond acceptors (Lipinski definition) is 2. The third-order valence-electron chi connectivity index (χ3n) is 2.74. The van der Waals surface area contributed by atoms with E-state index in [2.05, 4.69) is 5.32 Å². The number of anilines is 1. The van der Waals surface area contributed by atoms with E-state index in [4.69, 9.17) is 29.6 Å².